The molecule has 0 aliphatic carbocycles. The highest BCUT2D eigenvalue weighted by Gasteiger charge is 2.23. The minimum Gasteiger partial charge on any atom is -0.332 e. The Hall–Kier alpha value is -3.61. The van der Waals surface area contributed by atoms with E-state index in [1.54, 1.807) is 0 Å². The van der Waals surface area contributed by atoms with Gasteiger partial charge in [0.05, 0.1) is 0 Å². The average Bonchev–Trinajstić information content (AvgIpc) is 2.86. The molecule has 0 radical (unpaired) electrons. The van der Waals surface area contributed by atoms with Crippen LogP contribution in [0.3, 0.4) is 0 Å². The number of amides is 1. The number of carbonyl (C=O) groups is 1. The van der Waals surface area contributed by atoms with Gasteiger partial charge in [-0.2, -0.15) is 0 Å². The van der Waals surface area contributed by atoms with Crippen LogP contribution < -0.4 is 16.0 Å². The van der Waals surface area contributed by atoms with Crippen molar-refractivity contribution in [1.82, 2.24) is 0 Å². The molecular weight excluding hydrogens is 470 g/mol. The highest BCUT2D eigenvalue weighted by Crippen LogP contribution is 2.37. The van der Waals surface area contributed by atoms with Gasteiger partial charge >= 0.3 is 0 Å². The molecule has 4 nitrogen and oxygen atoms in total. The maximum absolute atomic E-state index is 13.5. The van der Waals surface area contributed by atoms with Crippen molar-refractivity contribution in [2.75, 3.05) is 16.0 Å². The van der Waals surface area contributed by atoms with E-state index in [9.17, 15) is 4.79 Å². The molecule has 0 aliphatic rings. The Bertz CT molecular complexity index is 1310. The van der Waals surface area contributed by atoms with Crippen LogP contribution in [0.5, 0.6) is 0 Å². The molecule has 0 saturated heterocycles. The number of thioether (sulfide) groups is 1. The number of para-hydroxylation sites is 1. The standard InChI is InChI=1S/C29H27N3OS2/c1-20-11-9-18-26(21(20)2)32-28(33)27(22-12-5-3-6-13-22)35-25-17-10-16-24(19-25)31-29(34)30-23-14-7-4-8-15-23/h3-19,27H,1-2H3,(H,32,33)(H2,30,31,34). The largest absolute Gasteiger partial charge is 0.332 e. The van der Waals surface area contributed by atoms with E-state index >= 15 is 0 Å². The second-order valence-electron chi connectivity index (χ2n) is 8.12. The van der Waals surface area contributed by atoms with Crippen molar-refractivity contribution in [3.63, 3.8) is 0 Å². The Labute approximate surface area is 216 Å². The van der Waals surface area contributed by atoms with Gasteiger partial charge in [-0.25, -0.2) is 0 Å². The second-order valence-corrected chi connectivity index (χ2v) is 9.71. The number of aryl methyl sites for hydroxylation is 1. The quantitative estimate of drug-likeness (QED) is 0.181. The minimum atomic E-state index is -0.416. The van der Waals surface area contributed by atoms with E-state index in [1.165, 1.54) is 11.8 Å². The number of benzene rings is 4. The minimum absolute atomic E-state index is 0.0606. The van der Waals surface area contributed by atoms with E-state index in [4.69, 9.17) is 12.2 Å². The van der Waals surface area contributed by atoms with Gasteiger partial charge in [-0.3, -0.25) is 4.79 Å². The first-order valence-corrected chi connectivity index (χ1v) is 12.6. The van der Waals surface area contributed by atoms with Crippen molar-refractivity contribution < 1.29 is 4.79 Å². The molecule has 1 unspecified atom stereocenters. The fourth-order valence-electron chi connectivity index (χ4n) is 3.58. The van der Waals surface area contributed by atoms with Crippen LogP contribution in [-0.4, -0.2) is 11.0 Å². The summed E-state index contributed by atoms with van der Waals surface area (Å²) in [6.45, 7) is 4.07. The summed E-state index contributed by atoms with van der Waals surface area (Å²) in [5.74, 6) is -0.0606. The zero-order valence-corrected chi connectivity index (χ0v) is 21.3. The van der Waals surface area contributed by atoms with Crippen LogP contribution >= 0.6 is 24.0 Å². The smallest absolute Gasteiger partial charge is 0.242 e. The lowest BCUT2D eigenvalue weighted by molar-refractivity contribution is -0.115. The van der Waals surface area contributed by atoms with Gasteiger partial charge in [0.1, 0.15) is 5.25 Å². The van der Waals surface area contributed by atoms with Crippen molar-refractivity contribution >= 4 is 52.1 Å². The monoisotopic (exact) mass is 497 g/mol. The molecule has 1 atom stereocenters. The molecule has 4 aromatic rings. The number of carbonyl (C=O) groups excluding carboxylic acids is 1. The zero-order valence-electron chi connectivity index (χ0n) is 19.6. The summed E-state index contributed by atoms with van der Waals surface area (Å²) < 4.78 is 0. The predicted molar refractivity (Wildman–Crippen MR) is 152 cm³/mol. The van der Waals surface area contributed by atoms with Crippen LogP contribution in [0.15, 0.2) is 108 Å². The molecule has 176 valence electrons. The fraction of sp³-hybridized carbons (Fsp3) is 0.103. The van der Waals surface area contributed by atoms with E-state index in [-0.39, 0.29) is 5.91 Å². The van der Waals surface area contributed by atoms with Crippen LogP contribution in [0.2, 0.25) is 0 Å². The van der Waals surface area contributed by atoms with Gasteiger partial charge in [0, 0.05) is 22.0 Å². The first kappa shape index (κ1) is 24.5. The fourth-order valence-corrected chi connectivity index (χ4v) is 4.90. The lowest BCUT2D eigenvalue weighted by Gasteiger charge is -2.19. The highest BCUT2D eigenvalue weighted by molar-refractivity contribution is 8.00. The molecule has 1 amide bonds. The summed E-state index contributed by atoms with van der Waals surface area (Å²) in [6.07, 6.45) is 0. The van der Waals surface area contributed by atoms with E-state index in [2.05, 4.69) is 16.0 Å². The van der Waals surface area contributed by atoms with Crippen LogP contribution in [0, 0.1) is 13.8 Å². The molecule has 0 aromatic heterocycles. The lowest BCUT2D eigenvalue weighted by Crippen LogP contribution is -2.20. The Morgan fingerprint density at radius 1 is 0.743 bits per heavy atom. The molecule has 0 saturated carbocycles. The van der Waals surface area contributed by atoms with Crippen LogP contribution in [0.4, 0.5) is 17.1 Å². The molecule has 0 bridgehead atoms. The maximum atomic E-state index is 13.5. The van der Waals surface area contributed by atoms with Crippen molar-refractivity contribution in [2.24, 2.45) is 0 Å². The van der Waals surface area contributed by atoms with Gasteiger partial charge in [0.25, 0.3) is 0 Å². The maximum Gasteiger partial charge on any atom is 0.242 e. The van der Waals surface area contributed by atoms with Gasteiger partial charge < -0.3 is 16.0 Å². The Morgan fingerprint density at radius 3 is 2.11 bits per heavy atom. The van der Waals surface area contributed by atoms with Crippen LogP contribution in [0.1, 0.15) is 21.9 Å². The second kappa shape index (κ2) is 11.7. The van der Waals surface area contributed by atoms with E-state index in [0.717, 1.165) is 38.6 Å². The van der Waals surface area contributed by atoms with Gasteiger partial charge in [-0.1, -0.05) is 66.7 Å². The Balaban J connectivity index is 1.52. The van der Waals surface area contributed by atoms with Crippen molar-refractivity contribution in [3.8, 4) is 0 Å². The van der Waals surface area contributed by atoms with E-state index in [1.807, 2.05) is 117 Å². The van der Waals surface area contributed by atoms with Gasteiger partial charge in [0.2, 0.25) is 5.91 Å². The summed E-state index contributed by atoms with van der Waals surface area (Å²) in [4.78, 5) is 14.4. The summed E-state index contributed by atoms with van der Waals surface area (Å²) in [5.41, 5.74) is 5.77. The lowest BCUT2D eigenvalue weighted by atomic mass is 10.1. The summed E-state index contributed by atoms with van der Waals surface area (Å²) in [5, 5.41) is 9.64. The van der Waals surface area contributed by atoms with Crippen molar-refractivity contribution in [1.29, 1.82) is 0 Å². The van der Waals surface area contributed by atoms with Crippen molar-refractivity contribution in [3.05, 3.63) is 120 Å². The molecule has 4 aromatic carbocycles. The third-order valence-corrected chi connectivity index (χ3v) is 7.03. The summed E-state index contributed by atoms with van der Waals surface area (Å²) >= 11 is 6.98. The van der Waals surface area contributed by atoms with Crippen molar-refractivity contribution in [2.45, 2.75) is 24.0 Å². The summed E-state index contributed by atoms with van der Waals surface area (Å²) in [6, 6.07) is 33.5. The zero-order chi connectivity index (χ0) is 24.6. The third kappa shape index (κ3) is 6.72. The molecule has 35 heavy (non-hydrogen) atoms. The molecule has 4 rings (SSSR count). The molecule has 0 heterocycles. The first-order chi connectivity index (χ1) is 17.0. The third-order valence-electron chi connectivity index (χ3n) is 5.58. The molecule has 0 aliphatic heterocycles. The number of nitrogens with one attached hydrogen (secondary N) is 3. The van der Waals surface area contributed by atoms with Gasteiger partial charge in [-0.15, -0.1) is 11.8 Å². The van der Waals surface area contributed by atoms with Crippen LogP contribution in [0.25, 0.3) is 0 Å². The van der Waals surface area contributed by atoms with Gasteiger partial charge in [-0.05, 0) is 79.2 Å². The molecule has 0 fully saturated rings. The molecule has 0 spiro atoms. The molecule has 6 heteroatoms. The number of hydrogen-bond acceptors (Lipinski definition) is 3. The molecule has 3 N–H and O–H groups in total. The topological polar surface area (TPSA) is 53.2 Å². The number of hydrogen-bond donors (Lipinski definition) is 3. The van der Waals surface area contributed by atoms with E-state index in [0.29, 0.717) is 5.11 Å². The number of rotatable bonds is 7. The van der Waals surface area contributed by atoms with Crippen LogP contribution in [-0.2, 0) is 4.79 Å². The summed E-state index contributed by atoms with van der Waals surface area (Å²) in [7, 11) is 0. The Kier molecular flexibility index (Phi) is 8.19. The normalized spacial score (nSPS) is 11.4. The molecular formula is C29H27N3OS2. The van der Waals surface area contributed by atoms with Gasteiger partial charge in [0.15, 0.2) is 5.11 Å². The Morgan fingerprint density at radius 2 is 1.37 bits per heavy atom. The predicted octanol–water partition coefficient (Wildman–Crippen LogP) is 7.58. The first-order valence-electron chi connectivity index (χ1n) is 11.3. The number of thiocarbonyl (C=S) groups is 1. The highest BCUT2D eigenvalue weighted by atomic mass is 32.2. The number of anilines is 3. The SMILES string of the molecule is Cc1cccc(NC(=O)C(Sc2cccc(NC(=S)Nc3ccccc3)c2)c2ccccc2)c1C. The average molecular weight is 498 g/mol. The van der Waals surface area contributed by atoms with E-state index < -0.39 is 5.25 Å².